The van der Waals surface area contributed by atoms with Crippen molar-refractivity contribution in [2.75, 3.05) is 32.1 Å². The van der Waals surface area contributed by atoms with Gasteiger partial charge >= 0.3 is 0 Å². The summed E-state index contributed by atoms with van der Waals surface area (Å²) in [5.41, 5.74) is 1.60. The molecule has 0 aliphatic carbocycles. The van der Waals surface area contributed by atoms with E-state index in [0.717, 1.165) is 37.5 Å². The van der Waals surface area contributed by atoms with E-state index in [1.54, 1.807) is 23.0 Å². The lowest BCUT2D eigenvalue weighted by Crippen LogP contribution is -2.86. The van der Waals surface area contributed by atoms with Gasteiger partial charge in [0.2, 0.25) is 5.91 Å². The number of hydrogen-bond acceptors (Lipinski definition) is 6. The van der Waals surface area contributed by atoms with Crippen LogP contribution in [0.3, 0.4) is 0 Å². The van der Waals surface area contributed by atoms with Gasteiger partial charge < -0.3 is 24.7 Å². The van der Waals surface area contributed by atoms with Gasteiger partial charge in [0.15, 0.2) is 5.13 Å². The third-order valence-corrected chi connectivity index (χ3v) is 5.72. The lowest BCUT2D eigenvalue weighted by Gasteiger charge is -2.18. The van der Waals surface area contributed by atoms with Crippen molar-refractivity contribution in [1.82, 2.24) is 14.9 Å². The van der Waals surface area contributed by atoms with Crippen molar-refractivity contribution >= 4 is 41.2 Å². The summed E-state index contributed by atoms with van der Waals surface area (Å²) in [4.78, 5) is 28.4. The van der Waals surface area contributed by atoms with Crippen molar-refractivity contribution in [2.45, 2.75) is 46.0 Å². The van der Waals surface area contributed by atoms with Gasteiger partial charge in [0.25, 0.3) is 5.91 Å². The number of aromatic nitrogens is 2. The van der Waals surface area contributed by atoms with Crippen molar-refractivity contribution in [2.24, 2.45) is 13.0 Å². The van der Waals surface area contributed by atoms with Crippen molar-refractivity contribution in [3.05, 3.63) is 35.1 Å². The van der Waals surface area contributed by atoms with Gasteiger partial charge in [-0.3, -0.25) is 9.59 Å². The van der Waals surface area contributed by atoms with Gasteiger partial charge in [-0.25, -0.2) is 4.98 Å². The Labute approximate surface area is 201 Å². The summed E-state index contributed by atoms with van der Waals surface area (Å²) in [6.45, 7) is 8.84. The van der Waals surface area contributed by atoms with Crippen molar-refractivity contribution < 1.29 is 19.1 Å². The van der Waals surface area contributed by atoms with E-state index in [1.165, 1.54) is 24.9 Å². The molecular weight excluding hydrogens is 446 g/mol. The first-order valence-corrected chi connectivity index (χ1v) is 12.2. The second-order valence-electron chi connectivity index (χ2n) is 8.00. The van der Waals surface area contributed by atoms with Gasteiger partial charge in [0, 0.05) is 50.7 Å². The second-order valence-corrected chi connectivity index (χ2v) is 9.22. The largest absolute Gasteiger partial charge is 0.356 e. The number of nitrogens with one attached hydrogen (secondary N) is 2. The van der Waals surface area contributed by atoms with E-state index in [-0.39, 0.29) is 18.4 Å². The zero-order valence-corrected chi connectivity index (χ0v) is 21.5. The number of rotatable bonds is 6. The maximum absolute atomic E-state index is 12.0. The smallest absolute Gasteiger partial charge is 0.253 e. The third-order valence-electron chi connectivity index (χ3n) is 4.95. The topological polar surface area (TPSA) is 102 Å². The Kier molecular flexibility index (Phi) is 13.9. The summed E-state index contributed by atoms with van der Waals surface area (Å²) in [6.07, 6.45) is 7.06. The van der Waals surface area contributed by atoms with Crippen LogP contribution in [0.25, 0.3) is 0 Å². The fraction of sp³-hybridized carbons (Fsp3) is 0.591. The molecule has 32 heavy (non-hydrogen) atoms. The van der Waals surface area contributed by atoms with Crippen LogP contribution in [0.5, 0.6) is 0 Å². The first kappa shape index (κ1) is 28.2. The molecule has 3 heterocycles. The zero-order chi connectivity index (χ0) is 23.9. The van der Waals surface area contributed by atoms with Gasteiger partial charge in [0.1, 0.15) is 0 Å². The van der Waals surface area contributed by atoms with Crippen LogP contribution in [-0.4, -0.2) is 48.1 Å². The number of hydrogen-bond donors (Lipinski definition) is 4. The van der Waals surface area contributed by atoms with E-state index < -0.39 is 0 Å². The van der Waals surface area contributed by atoms with E-state index in [4.69, 9.17) is 0 Å². The van der Waals surface area contributed by atoms with Gasteiger partial charge in [-0.1, -0.05) is 27.2 Å². The van der Waals surface area contributed by atoms with Gasteiger partial charge in [0.05, 0.1) is 30.9 Å². The lowest BCUT2D eigenvalue weighted by atomic mass is 9.96. The minimum atomic E-state index is -0.267. The molecule has 0 radical (unpaired) electrons. The number of anilines is 1. The number of quaternary nitrogens is 1. The minimum Gasteiger partial charge on any atom is -0.356 e. The number of carbonyl (C=O) groups excluding carboxylic acids is 2. The Hall–Kier alpha value is -1.88. The van der Waals surface area contributed by atoms with Crippen LogP contribution < -0.4 is 16.0 Å². The zero-order valence-electron chi connectivity index (χ0n) is 19.8. The van der Waals surface area contributed by atoms with Crippen molar-refractivity contribution in [3.63, 3.8) is 0 Å². The number of nitrogens with two attached hydrogens (primary N) is 1. The molecule has 0 aromatic carbocycles. The van der Waals surface area contributed by atoms with E-state index in [1.807, 2.05) is 12.4 Å². The predicted molar refractivity (Wildman–Crippen MR) is 133 cm³/mol. The molecule has 1 aliphatic heterocycles. The minimum absolute atomic E-state index is 0.0684. The molecule has 180 valence electrons. The Morgan fingerprint density at radius 1 is 1.38 bits per heavy atom. The van der Waals surface area contributed by atoms with E-state index in [0.29, 0.717) is 16.6 Å². The SMILES string of the molecule is CCC(C)C.COS.Cn1ccc(C(=O)NCC(=O)Nc2nc(C3CC[NH2+]CC3)cs2)c1. The standard InChI is InChI=1S/C16H21N5O2S.C5H12.CH4OS/c1-21-7-4-12(9-21)15(23)18-8-14(22)20-16-19-13(10-24-16)11-2-5-17-6-3-11;1-4-5(2)3;1-2-3/h4,7,9-11,17H,2-3,5-6,8H2,1H3,(H,18,23)(H,19,20,22);5H,4H2,1-3H3;3H,1H3/p+1. The summed E-state index contributed by atoms with van der Waals surface area (Å²) >= 11 is 4.72. The normalized spacial score (nSPS) is 13.5. The molecule has 4 N–H and O–H groups in total. The fourth-order valence-corrected chi connectivity index (χ4v) is 3.63. The average molecular weight is 485 g/mol. The first-order chi connectivity index (χ1) is 15.3. The summed E-state index contributed by atoms with van der Waals surface area (Å²) in [5, 5.41) is 10.3. The Morgan fingerprint density at radius 3 is 2.53 bits per heavy atom. The molecule has 2 aromatic heterocycles. The maximum atomic E-state index is 12.0. The molecule has 0 spiro atoms. The number of amides is 2. The number of thiol groups is 1. The van der Waals surface area contributed by atoms with Crippen LogP contribution in [0.4, 0.5) is 5.13 Å². The summed E-state index contributed by atoms with van der Waals surface area (Å²) in [6, 6.07) is 1.71. The number of piperidine rings is 1. The second kappa shape index (κ2) is 15.8. The molecule has 0 saturated carbocycles. The molecule has 8 nitrogen and oxygen atoms in total. The molecule has 1 aliphatic rings. The predicted octanol–water partition coefficient (Wildman–Crippen LogP) is 2.82. The molecular formula is C22H38N5O3S2+. The Balaban J connectivity index is 0.000000555. The molecule has 10 heteroatoms. The summed E-state index contributed by atoms with van der Waals surface area (Å²) in [7, 11) is 3.33. The highest BCUT2D eigenvalue weighted by Crippen LogP contribution is 2.27. The average Bonchev–Trinajstić information content (AvgIpc) is 3.43. The molecule has 3 rings (SSSR count). The maximum Gasteiger partial charge on any atom is 0.253 e. The highest BCUT2D eigenvalue weighted by Gasteiger charge is 2.20. The number of thiazole rings is 1. The van der Waals surface area contributed by atoms with Crippen LogP contribution in [0, 0.1) is 5.92 Å². The molecule has 1 fully saturated rings. The van der Waals surface area contributed by atoms with E-state index in [2.05, 4.69) is 58.8 Å². The van der Waals surface area contributed by atoms with Crippen LogP contribution in [0.2, 0.25) is 0 Å². The molecule has 0 bridgehead atoms. The van der Waals surface area contributed by atoms with Crippen molar-refractivity contribution in [3.8, 4) is 0 Å². The summed E-state index contributed by atoms with van der Waals surface area (Å²) in [5.74, 6) is 0.853. The number of nitrogens with zero attached hydrogens (tertiary/aromatic N) is 2. The number of carbonyl (C=O) groups is 2. The fourth-order valence-electron chi connectivity index (χ4n) is 2.82. The Bertz CT molecular complexity index is 801. The van der Waals surface area contributed by atoms with E-state index in [9.17, 15) is 9.59 Å². The highest BCUT2D eigenvalue weighted by molar-refractivity contribution is 7.75. The molecule has 2 aromatic rings. The molecule has 2 amide bonds. The van der Waals surface area contributed by atoms with Gasteiger partial charge in [-0.15, -0.1) is 11.3 Å². The van der Waals surface area contributed by atoms with Crippen LogP contribution in [0.1, 0.15) is 62.0 Å². The monoisotopic (exact) mass is 484 g/mol. The van der Waals surface area contributed by atoms with E-state index >= 15 is 0 Å². The van der Waals surface area contributed by atoms with Crippen molar-refractivity contribution in [1.29, 1.82) is 0 Å². The van der Waals surface area contributed by atoms with Crippen LogP contribution in [-0.2, 0) is 16.0 Å². The molecule has 1 saturated heterocycles. The third kappa shape index (κ3) is 11.1. The highest BCUT2D eigenvalue weighted by atomic mass is 32.1. The van der Waals surface area contributed by atoms with Crippen LogP contribution in [0.15, 0.2) is 23.8 Å². The van der Waals surface area contributed by atoms with Crippen LogP contribution >= 0.6 is 24.2 Å². The number of aryl methyl sites for hydroxylation is 1. The lowest BCUT2D eigenvalue weighted by molar-refractivity contribution is -0.663. The summed E-state index contributed by atoms with van der Waals surface area (Å²) < 4.78 is 5.73. The molecule has 0 atom stereocenters. The van der Waals surface area contributed by atoms with Gasteiger partial charge in [-0.05, 0) is 24.9 Å². The Morgan fingerprint density at radius 2 is 2.00 bits per heavy atom. The van der Waals surface area contributed by atoms with Gasteiger partial charge in [-0.2, -0.15) is 0 Å². The quantitative estimate of drug-likeness (QED) is 0.374. The molecule has 0 unspecified atom stereocenters. The first-order valence-electron chi connectivity index (χ1n) is 10.9.